The fourth-order valence-electron chi connectivity index (χ4n) is 4.19. The Morgan fingerprint density at radius 3 is 2.50 bits per heavy atom. The van der Waals surface area contributed by atoms with Gasteiger partial charge in [-0.3, -0.25) is 14.2 Å². The van der Waals surface area contributed by atoms with Gasteiger partial charge in [-0.2, -0.15) is 5.26 Å². The summed E-state index contributed by atoms with van der Waals surface area (Å²) in [4.78, 5) is 28.7. The SMILES string of the molecule is CC(C)(C)C(=O)C(C#N)=c1sc(=Cc2ccc(N3CCOCC3)cc2)c(=O)n1CC1CCCO1. The van der Waals surface area contributed by atoms with Crippen molar-refractivity contribution in [2.24, 2.45) is 5.41 Å². The first kappa shape index (κ1) is 24.4. The summed E-state index contributed by atoms with van der Waals surface area (Å²) >= 11 is 1.21. The van der Waals surface area contributed by atoms with Gasteiger partial charge in [-0.25, -0.2) is 0 Å². The summed E-state index contributed by atoms with van der Waals surface area (Å²) in [7, 11) is 0. The molecule has 1 aromatic carbocycles. The van der Waals surface area contributed by atoms with E-state index in [0.717, 1.165) is 50.4 Å². The number of benzene rings is 1. The van der Waals surface area contributed by atoms with Crippen LogP contribution in [0, 0.1) is 16.7 Å². The number of ether oxygens (including phenoxy) is 2. The van der Waals surface area contributed by atoms with Crippen molar-refractivity contribution in [1.29, 1.82) is 5.26 Å². The molecule has 3 heterocycles. The number of anilines is 1. The summed E-state index contributed by atoms with van der Waals surface area (Å²) in [5, 5.41) is 9.87. The van der Waals surface area contributed by atoms with Crippen molar-refractivity contribution in [3.63, 3.8) is 0 Å². The third-order valence-electron chi connectivity index (χ3n) is 6.12. The number of carbonyl (C=O) groups is 1. The van der Waals surface area contributed by atoms with Gasteiger partial charge in [0, 0.05) is 30.8 Å². The molecule has 1 aromatic heterocycles. The lowest BCUT2D eigenvalue weighted by atomic mass is 9.87. The predicted molar refractivity (Wildman–Crippen MR) is 133 cm³/mol. The van der Waals surface area contributed by atoms with Gasteiger partial charge in [0.15, 0.2) is 5.78 Å². The maximum Gasteiger partial charge on any atom is 0.269 e. The van der Waals surface area contributed by atoms with Gasteiger partial charge >= 0.3 is 0 Å². The van der Waals surface area contributed by atoms with Gasteiger partial charge in [0.05, 0.1) is 30.4 Å². The van der Waals surface area contributed by atoms with Gasteiger partial charge in [0.1, 0.15) is 16.3 Å². The van der Waals surface area contributed by atoms with Crippen LogP contribution in [0.5, 0.6) is 0 Å². The van der Waals surface area contributed by atoms with Crippen molar-refractivity contribution in [3.8, 4) is 6.07 Å². The summed E-state index contributed by atoms with van der Waals surface area (Å²) in [6.07, 6.45) is 3.56. The Bertz CT molecular complexity index is 1250. The number of morpholine rings is 1. The average Bonchev–Trinajstić information content (AvgIpc) is 3.44. The predicted octanol–water partition coefficient (Wildman–Crippen LogP) is 2.04. The van der Waals surface area contributed by atoms with Gasteiger partial charge < -0.3 is 14.4 Å². The van der Waals surface area contributed by atoms with E-state index in [0.29, 0.717) is 22.3 Å². The van der Waals surface area contributed by atoms with Crippen LogP contribution in [0.3, 0.4) is 0 Å². The monoisotopic (exact) mass is 481 g/mol. The maximum absolute atomic E-state index is 13.4. The second-order valence-electron chi connectivity index (χ2n) is 9.72. The van der Waals surface area contributed by atoms with Crippen LogP contribution in [-0.4, -0.2) is 49.4 Å². The number of hydrogen-bond acceptors (Lipinski definition) is 7. The second-order valence-corrected chi connectivity index (χ2v) is 10.8. The molecule has 2 aromatic rings. The van der Waals surface area contributed by atoms with Crippen LogP contribution in [-0.2, 0) is 20.8 Å². The molecule has 2 aliphatic heterocycles. The highest BCUT2D eigenvalue weighted by Crippen LogP contribution is 2.20. The van der Waals surface area contributed by atoms with E-state index in [1.54, 1.807) is 25.3 Å². The number of aromatic nitrogens is 1. The van der Waals surface area contributed by atoms with Gasteiger partial charge in [-0.05, 0) is 36.6 Å². The Balaban J connectivity index is 1.78. The fraction of sp³-hybridized carbons (Fsp3) is 0.500. The first-order valence-corrected chi connectivity index (χ1v) is 12.5. The van der Waals surface area contributed by atoms with E-state index < -0.39 is 5.41 Å². The Morgan fingerprint density at radius 1 is 1.21 bits per heavy atom. The maximum atomic E-state index is 13.4. The molecule has 0 aliphatic carbocycles. The standard InChI is InChI=1S/C26H31N3O4S/c1-26(2,3)23(30)21(16-27)25-29(17-20-5-4-12-33-20)24(31)22(34-25)15-18-6-8-19(9-7-18)28-10-13-32-14-11-28/h6-9,15,20H,4-5,10-14,17H2,1-3H3. The molecule has 7 nitrogen and oxygen atoms in total. The smallest absolute Gasteiger partial charge is 0.269 e. The molecule has 1 atom stereocenters. The minimum atomic E-state index is -0.723. The number of hydrogen-bond donors (Lipinski definition) is 0. The molecule has 2 fully saturated rings. The van der Waals surface area contributed by atoms with Gasteiger partial charge in [0.2, 0.25) is 0 Å². The lowest BCUT2D eigenvalue weighted by Gasteiger charge is -2.28. The second kappa shape index (κ2) is 10.3. The topological polar surface area (TPSA) is 84.6 Å². The van der Waals surface area contributed by atoms with E-state index in [1.165, 1.54) is 11.3 Å². The molecule has 2 saturated heterocycles. The third-order valence-corrected chi connectivity index (χ3v) is 7.25. The molecule has 180 valence electrons. The first-order chi connectivity index (χ1) is 16.3. The van der Waals surface area contributed by atoms with E-state index in [9.17, 15) is 14.9 Å². The van der Waals surface area contributed by atoms with Crippen LogP contribution in [0.2, 0.25) is 0 Å². The zero-order valence-corrected chi connectivity index (χ0v) is 20.8. The van der Waals surface area contributed by atoms with Gasteiger partial charge in [-0.15, -0.1) is 11.3 Å². The number of thiazole rings is 1. The molecule has 34 heavy (non-hydrogen) atoms. The van der Waals surface area contributed by atoms with Crippen LogP contribution in [0.1, 0.15) is 39.2 Å². The summed E-state index contributed by atoms with van der Waals surface area (Å²) < 4.78 is 13.7. The lowest BCUT2D eigenvalue weighted by molar-refractivity contribution is -0.120. The Labute approximate surface area is 203 Å². The lowest BCUT2D eigenvalue weighted by Crippen LogP contribution is -2.37. The van der Waals surface area contributed by atoms with Crippen LogP contribution in [0.25, 0.3) is 11.6 Å². The minimum Gasteiger partial charge on any atom is -0.378 e. The Hall–Kier alpha value is -2.73. The zero-order chi connectivity index (χ0) is 24.3. The molecule has 0 N–H and O–H groups in total. The van der Waals surface area contributed by atoms with E-state index in [4.69, 9.17) is 9.47 Å². The summed E-state index contributed by atoms with van der Waals surface area (Å²) in [5.74, 6) is -0.265. The van der Waals surface area contributed by atoms with Crippen LogP contribution < -0.4 is 19.7 Å². The van der Waals surface area contributed by atoms with Gasteiger partial charge in [0.25, 0.3) is 5.56 Å². The summed E-state index contributed by atoms with van der Waals surface area (Å²) in [6, 6.07) is 10.2. The molecule has 0 radical (unpaired) electrons. The highest BCUT2D eigenvalue weighted by atomic mass is 32.1. The van der Waals surface area contributed by atoms with Crippen molar-refractivity contribution in [2.75, 3.05) is 37.8 Å². The summed E-state index contributed by atoms with van der Waals surface area (Å²) in [5.41, 5.74) is 1.14. The quantitative estimate of drug-likeness (QED) is 0.650. The van der Waals surface area contributed by atoms with Crippen LogP contribution in [0.15, 0.2) is 29.1 Å². The van der Waals surface area contributed by atoms with E-state index in [1.807, 2.05) is 30.3 Å². The van der Waals surface area contributed by atoms with Crippen molar-refractivity contribution in [3.05, 3.63) is 49.4 Å². The van der Waals surface area contributed by atoms with Crippen molar-refractivity contribution in [2.45, 2.75) is 46.3 Å². The van der Waals surface area contributed by atoms with E-state index in [2.05, 4.69) is 11.0 Å². The van der Waals surface area contributed by atoms with Crippen molar-refractivity contribution < 1.29 is 14.3 Å². The van der Waals surface area contributed by atoms with Crippen molar-refractivity contribution in [1.82, 2.24) is 4.57 Å². The van der Waals surface area contributed by atoms with E-state index in [-0.39, 0.29) is 23.0 Å². The molecule has 0 saturated carbocycles. The minimum absolute atomic E-state index is 0.0370. The molecular formula is C26H31N3O4S. The summed E-state index contributed by atoms with van der Waals surface area (Å²) in [6.45, 7) is 9.53. The number of Topliss-reactive ketones (excluding diaryl/α,β-unsaturated/α-hetero) is 1. The molecule has 4 rings (SSSR count). The van der Waals surface area contributed by atoms with Crippen LogP contribution in [0.4, 0.5) is 5.69 Å². The molecular weight excluding hydrogens is 450 g/mol. The fourth-order valence-corrected chi connectivity index (χ4v) is 5.30. The van der Waals surface area contributed by atoms with E-state index >= 15 is 0 Å². The number of nitrogens with zero attached hydrogens (tertiary/aromatic N) is 3. The molecule has 0 amide bonds. The average molecular weight is 482 g/mol. The third kappa shape index (κ3) is 5.33. The first-order valence-electron chi connectivity index (χ1n) is 11.7. The highest BCUT2D eigenvalue weighted by Gasteiger charge is 2.28. The highest BCUT2D eigenvalue weighted by molar-refractivity contribution is 7.07. The molecule has 0 spiro atoms. The van der Waals surface area contributed by atoms with Crippen molar-refractivity contribution >= 4 is 34.5 Å². The number of carbonyl (C=O) groups excluding carboxylic acids is 1. The number of nitriles is 1. The Morgan fingerprint density at radius 2 is 1.91 bits per heavy atom. The largest absolute Gasteiger partial charge is 0.378 e. The van der Waals surface area contributed by atoms with Gasteiger partial charge in [-0.1, -0.05) is 32.9 Å². The molecule has 8 heteroatoms. The molecule has 2 aliphatic rings. The molecule has 0 bridgehead atoms. The Kier molecular flexibility index (Phi) is 7.36. The zero-order valence-electron chi connectivity index (χ0n) is 20.0. The normalized spacial score (nSPS) is 20.4. The number of ketones is 1. The van der Waals surface area contributed by atoms with Crippen LogP contribution >= 0.6 is 11.3 Å². The number of rotatable bonds is 5. The molecule has 1 unspecified atom stereocenters.